The highest BCUT2D eigenvalue weighted by molar-refractivity contribution is 5.81. The van der Waals surface area contributed by atoms with Gasteiger partial charge >= 0.3 is 0 Å². The Bertz CT molecular complexity index is 1140. The number of nitrogens with zero attached hydrogens (tertiary/aromatic N) is 4. The van der Waals surface area contributed by atoms with Crippen LogP contribution in [0.3, 0.4) is 0 Å². The van der Waals surface area contributed by atoms with Gasteiger partial charge in [0.25, 0.3) is 0 Å². The molecular weight excluding hydrogens is 488 g/mol. The van der Waals surface area contributed by atoms with Gasteiger partial charge < -0.3 is 19.6 Å². The fourth-order valence-electron chi connectivity index (χ4n) is 6.07. The average molecular weight is 533 g/mol. The van der Waals surface area contributed by atoms with E-state index in [1.807, 2.05) is 24.2 Å². The standard InChI is InChI=1S/C32H44N4O3/c1-4-24-19-33-31(34-20-24)35-16-13-25(14-17-35)21-39-29-11-9-27(10-12-29)26-5-7-28(8-6-26)30(38)36-18-15-32(3,22-36)23(2)37/h5,9-12,19-20,23,25,28,37H,4,6-8,13-18,21-22H2,1-3H3. The van der Waals surface area contributed by atoms with Crippen LogP contribution in [0.4, 0.5) is 5.95 Å². The first-order chi connectivity index (χ1) is 18.8. The molecule has 3 atom stereocenters. The van der Waals surface area contributed by atoms with Crippen LogP contribution in [0, 0.1) is 17.3 Å². The van der Waals surface area contributed by atoms with Crippen molar-refractivity contribution in [3.8, 4) is 5.75 Å². The number of carbonyl (C=O) groups is 1. The fraction of sp³-hybridized carbons (Fsp3) is 0.594. The lowest BCUT2D eigenvalue weighted by atomic mass is 9.84. The summed E-state index contributed by atoms with van der Waals surface area (Å²) in [6.07, 6.45) is 12.3. The number of ether oxygens (including phenoxy) is 1. The van der Waals surface area contributed by atoms with Crippen molar-refractivity contribution in [3.05, 3.63) is 53.9 Å². The van der Waals surface area contributed by atoms with E-state index >= 15 is 0 Å². The topological polar surface area (TPSA) is 78.8 Å². The minimum Gasteiger partial charge on any atom is -0.493 e. The average Bonchev–Trinajstić information content (AvgIpc) is 3.40. The number of hydrogen-bond acceptors (Lipinski definition) is 6. The number of aliphatic hydroxyl groups excluding tert-OH is 1. The number of piperidine rings is 1. The lowest BCUT2D eigenvalue weighted by molar-refractivity contribution is -0.135. The molecule has 7 nitrogen and oxygen atoms in total. The predicted molar refractivity (Wildman–Crippen MR) is 155 cm³/mol. The smallest absolute Gasteiger partial charge is 0.226 e. The number of amides is 1. The molecule has 1 aliphatic carbocycles. The number of benzene rings is 1. The summed E-state index contributed by atoms with van der Waals surface area (Å²) in [4.78, 5) is 26.4. The Balaban J connectivity index is 1.06. The lowest BCUT2D eigenvalue weighted by Gasteiger charge is -2.31. The molecule has 39 heavy (non-hydrogen) atoms. The molecule has 2 saturated heterocycles. The maximum atomic E-state index is 13.1. The van der Waals surface area contributed by atoms with Crippen LogP contribution >= 0.6 is 0 Å². The summed E-state index contributed by atoms with van der Waals surface area (Å²) in [5.41, 5.74) is 3.54. The zero-order chi connectivity index (χ0) is 27.4. The molecule has 0 saturated carbocycles. The fourth-order valence-corrected chi connectivity index (χ4v) is 6.07. The van der Waals surface area contributed by atoms with Gasteiger partial charge in [0.1, 0.15) is 5.75 Å². The molecule has 0 bridgehead atoms. The summed E-state index contributed by atoms with van der Waals surface area (Å²) in [6.45, 7) is 10.1. The van der Waals surface area contributed by atoms with Gasteiger partial charge in [0, 0.05) is 49.9 Å². The second-order valence-electron chi connectivity index (χ2n) is 12.1. The number of rotatable bonds is 8. The maximum absolute atomic E-state index is 13.1. The summed E-state index contributed by atoms with van der Waals surface area (Å²) in [6, 6.07) is 8.45. The number of aryl methyl sites for hydroxylation is 1. The van der Waals surface area contributed by atoms with Crippen molar-refractivity contribution in [3.63, 3.8) is 0 Å². The quantitative estimate of drug-likeness (QED) is 0.507. The van der Waals surface area contributed by atoms with Crippen LogP contribution in [-0.2, 0) is 11.2 Å². The first kappa shape index (κ1) is 27.6. The summed E-state index contributed by atoms with van der Waals surface area (Å²) in [7, 11) is 0. The Kier molecular flexibility index (Phi) is 8.55. The van der Waals surface area contributed by atoms with Gasteiger partial charge in [-0.1, -0.05) is 32.1 Å². The molecule has 210 valence electrons. The molecule has 0 spiro atoms. The van der Waals surface area contributed by atoms with E-state index in [1.54, 1.807) is 0 Å². The second kappa shape index (κ2) is 12.1. The Morgan fingerprint density at radius 3 is 2.44 bits per heavy atom. The van der Waals surface area contributed by atoms with Crippen LogP contribution in [0.1, 0.15) is 70.4 Å². The minimum atomic E-state index is -0.392. The highest BCUT2D eigenvalue weighted by atomic mass is 16.5. The predicted octanol–water partition coefficient (Wildman–Crippen LogP) is 5.14. The highest BCUT2D eigenvalue weighted by Gasteiger charge is 2.41. The monoisotopic (exact) mass is 532 g/mol. The summed E-state index contributed by atoms with van der Waals surface area (Å²) >= 11 is 0. The normalized spacial score (nSPS) is 24.9. The van der Waals surface area contributed by atoms with E-state index in [9.17, 15) is 9.90 Å². The van der Waals surface area contributed by atoms with Crippen molar-refractivity contribution < 1.29 is 14.6 Å². The van der Waals surface area contributed by atoms with E-state index in [4.69, 9.17) is 4.74 Å². The zero-order valence-corrected chi connectivity index (χ0v) is 23.8. The van der Waals surface area contributed by atoms with E-state index in [1.165, 1.54) is 16.7 Å². The number of carbonyl (C=O) groups excluding carboxylic acids is 1. The first-order valence-corrected chi connectivity index (χ1v) is 14.8. The number of anilines is 1. The first-order valence-electron chi connectivity index (χ1n) is 14.8. The number of likely N-dealkylation sites (tertiary alicyclic amines) is 1. The molecular formula is C32H44N4O3. The van der Waals surface area contributed by atoms with E-state index in [2.05, 4.69) is 59.1 Å². The molecule has 1 aromatic heterocycles. The van der Waals surface area contributed by atoms with E-state index < -0.39 is 6.10 Å². The molecule has 1 aromatic carbocycles. The Morgan fingerprint density at radius 1 is 1.13 bits per heavy atom. The molecule has 0 radical (unpaired) electrons. The van der Waals surface area contributed by atoms with E-state index in [0.717, 1.165) is 82.9 Å². The molecule has 1 N–H and O–H groups in total. The Labute approximate surface area is 233 Å². The summed E-state index contributed by atoms with van der Waals surface area (Å²) in [5.74, 6) is 2.61. The Morgan fingerprint density at radius 2 is 1.85 bits per heavy atom. The molecule has 5 rings (SSSR count). The Hall–Kier alpha value is -2.93. The van der Waals surface area contributed by atoms with Gasteiger partial charge in [0.15, 0.2) is 0 Å². The number of aliphatic hydroxyl groups is 1. The van der Waals surface area contributed by atoms with Crippen molar-refractivity contribution in [2.45, 2.75) is 71.8 Å². The highest BCUT2D eigenvalue weighted by Crippen LogP contribution is 2.37. The molecule has 2 aromatic rings. The molecule has 3 aliphatic rings. The summed E-state index contributed by atoms with van der Waals surface area (Å²) < 4.78 is 6.16. The van der Waals surface area contributed by atoms with E-state index in [-0.39, 0.29) is 17.2 Å². The summed E-state index contributed by atoms with van der Waals surface area (Å²) in [5, 5.41) is 10.1. The molecule has 2 aliphatic heterocycles. The molecule has 1 amide bonds. The molecule has 3 unspecified atom stereocenters. The van der Waals surface area contributed by atoms with Gasteiger partial charge in [0.05, 0.1) is 12.7 Å². The van der Waals surface area contributed by atoms with Gasteiger partial charge in [-0.2, -0.15) is 0 Å². The van der Waals surface area contributed by atoms with Crippen LogP contribution < -0.4 is 9.64 Å². The molecule has 3 heterocycles. The van der Waals surface area contributed by atoms with Crippen LogP contribution in [0.5, 0.6) is 5.75 Å². The van der Waals surface area contributed by atoms with Crippen LogP contribution in [0.2, 0.25) is 0 Å². The zero-order valence-electron chi connectivity index (χ0n) is 23.8. The third kappa shape index (κ3) is 6.46. The van der Waals surface area contributed by atoms with Crippen LogP contribution in [-0.4, -0.2) is 64.8 Å². The SMILES string of the molecule is CCc1cnc(N2CCC(COc3ccc(C4=CCC(C(=O)N5CCC(C)(C(C)O)C5)CC4)cc3)CC2)nc1. The van der Waals surface area contributed by atoms with Crippen LogP contribution in [0.25, 0.3) is 5.57 Å². The van der Waals surface area contributed by atoms with Gasteiger partial charge in [-0.25, -0.2) is 9.97 Å². The van der Waals surface area contributed by atoms with Crippen molar-refractivity contribution in [2.75, 3.05) is 37.7 Å². The number of allylic oxidation sites excluding steroid dienone is 2. The maximum Gasteiger partial charge on any atom is 0.226 e. The third-order valence-corrected chi connectivity index (χ3v) is 9.29. The largest absolute Gasteiger partial charge is 0.493 e. The molecule has 7 heteroatoms. The second-order valence-corrected chi connectivity index (χ2v) is 12.1. The van der Waals surface area contributed by atoms with Crippen molar-refractivity contribution in [2.24, 2.45) is 17.3 Å². The third-order valence-electron chi connectivity index (χ3n) is 9.29. The van der Waals surface area contributed by atoms with Crippen molar-refractivity contribution in [1.29, 1.82) is 0 Å². The number of aromatic nitrogens is 2. The van der Waals surface area contributed by atoms with Gasteiger partial charge in [0.2, 0.25) is 11.9 Å². The van der Waals surface area contributed by atoms with Crippen molar-refractivity contribution in [1.82, 2.24) is 14.9 Å². The van der Waals surface area contributed by atoms with Gasteiger partial charge in [-0.05, 0) is 86.6 Å². The number of hydrogen-bond donors (Lipinski definition) is 1. The van der Waals surface area contributed by atoms with Crippen LogP contribution in [0.15, 0.2) is 42.7 Å². The van der Waals surface area contributed by atoms with Gasteiger partial charge in [-0.3, -0.25) is 4.79 Å². The minimum absolute atomic E-state index is 0.0568. The van der Waals surface area contributed by atoms with Crippen molar-refractivity contribution >= 4 is 17.4 Å². The van der Waals surface area contributed by atoms with E-state index in [0.29, 0.717) is 12.5 Å². The van der Waals surface area contributed by atoms with Gasteiger partial charge in [-0.15, -0.1) is 0 Å². The lowest BCUT2D eigenvalue weighted by Crippen LogP contribution is -2.39. The molecule has 2 fully saturated rings.